The zero-order valence-electron chi connectivity index (χ0n) is 30.8. The molecule has 50 heavy (non-hydrogen) atoms. The Kier molecular flexibility index (Phi) is 12.0. The standard InChI is InChI=1S/C37H53N5O7S/c1-23(2)28(22-24(3)31(43)40-50(48,49)27-18-16-26(17-19-27)37(38)20-21-37)41(9)33(45)29(35(4,5)6)39-32(44)30(42(10)34(46)47)36(7,8)25-14-12-11-13-15-25/h11-19,22-23,28-30H,20-21,38H2,1-10H3,(H,39,44)(H,40,43)(H,46,47)/b24-22+/t28-,29-,30-/m1/s1. The van der Waals surface area contributed by atoms with Gasteiger partial charge in [-0.1, -0.05) is 97.0 Å². The minimum atomic E-state index is -4.19. The number of amides is 4. The summed E-state index contributed by atoms with van der Waals surface area (Å²) in [6.45, 7) is 14.1. The molecule has 13 heteroatoms. The molecule has 1 saturated carbocycles. The Morgan fingerprint density at radius 3 is 1.92 bits per heavy atom. The number of hydrogen-bond donors (Lipinski definition) is 4. The molecular weight excluding hydrogens is 659 g/mol. The number of sulfonamides is 1. The van der Waals surface area contributed by atoms with E-state index in [1.165, 1.54) is 37.1 Å². The Labute approximate surface area is 296 Å². The second-order valence-electron chi connectivity index (χ2n) is 15.3. The summed E-state index contributed by atoms with van der Waals surface area (Å²) in [6, 6.07) is 12.3. The van der Waals surface area contributed by atoms with Gasteiger partial charge in [0.15, 0.2) is 0 Å². The third-order valence-corrected chi connectivity index (χ3v) is 10.9. The van der Waals surface area contributed by atoms with Gasteiger partial charge in [0.25, 0.3) is 15.9 Å². The molecule has 0 saturated heterocycles. The summed E-state index contributed by atoms with van der Waals surface area (Å²) in [5.74, 6) is -2.18. The van der Waals surface area contributed by atoms with E-state index in [9.17, 15) is 32.7 Å². The van der Waals surface area contributed by atoms with Gasteiger partial charge in [0, 0.05) is 30.6 Å². The molecule has 0 aromatic heterocycles. The minimum absolute atomic E-state index is 0.0755. The van der Waals surface area contributed by atoms with E-state index in [1.54, 1.807) is 53.8 Å². The predicted molar refractivity (Wildman–Crippen MR) is 192 cm³/mol. The van der Waals surface area contributed by atoms with E-state index in [4.69, 9.17) is 5.73 Å². The van der Waals surface area contributed by atoms with Crippen LogP contribution in [0.15, 0.2) is 71.1 Å². The van der Waals surface area contributed by atoms with Gasteiger partial charge < -0.3 is 21.1 Å². The summed E-state index contributed by atoms with van der Waals surface area (Å²) in [5, 5.41) is 12.8. The third kappa shape index (κ3) is 9.11. The van der Waals surface area contributed by atoms with Crippen LogP contribution in [-0.2, 0) is 35.4 Å². The summed E-state index contributed by atoms with van der Waals surface area (Å²) < 4.78 is 28.2. The number of rotatable bonds is 13. The molecule has 0 spiro atoms. The zero-order valence-corrected chi connectivity index (χ0v) is 31.6. The van der Waals surface area contributed by atoms with E-state index in [1.807, 2.05) is 44.2 Å². The van der Waals surface area contributed by atoms with Crippen molar-refractivity contribution in [3.05, 3.63) is 77.4 Å². The Morgan fingerprint density at radius 1 is 0.920 bits per heavy atom. The lowest BCUT2D eigenvalue weighted by molar-refractivity contribution is -0.141. The molecule has 3 rings (SSSR count). The Hall–Kier alpha value is -4.23. The van der Waals surface area contributed by atoms with E-state index in [2.05, 4.69) is 10.0 Å². The molecular formula is C37H53N5O7S. The van der Waals surface area contributed by atoms with Gasteiger partial charge in [-0.15, -0.1) is 0 Å². The lowest BCUT2D eigenvalue weighted by Gasteiger charge is -2.41. The zero-order chi connectivity index (χ0) is 38.0. The molecule has 1 fully saturated rings. The Bertz CT molecular complexity index is 1710. The fourth-order valence-electron chi connectivity index (χ4n) is 6.08. The molecule has 0 unspecified atom stereocenters. The predicted octanol–water partition coefficient (Wildman–Crippen LogP) is 4.36. The van der Waals surface area contributed by atoms with Crippen LogP contribution in [0, 0.1) is 11.3 Å². The molecule has 4 amide bonds. The van der Waals surface area contributed by atoms with Crippen LogP contribution in [0.5, 0.6) is 0 Å². The van der Waals surface area contributed by atoms with Gasteiger partial charge in [-0.3, -0.25) is 19.3 Å². The third-order valence-electron chi connectivity index (χ3n) is 9.55. The van der Waals surface area contributed by atoms with Crippen molar-refractivity contribution in [2.75, 3.05) is 14.1 Å². The number of carbonyl (C=O) groups excluding carboxylic acids is 3. The molecule has 12 nitrogen and oxygen atoms in total. The number of likely N-dealkylation sites (N-methyl/N-ethyl adjacent to an activating group) is 2. The van der Waals surface area contributed by atoms with Crippen LogP contribution in [0.25, 0.3) is 0 Å². The highest BCUT2D eigenvalue weighted by molar-refractivity contribution is 7.90. The number of benzene rings is 2. The number of carbonyl (C=O) groups is 4. The SMILES string of the molecule is C/C(=C\[C@H](C(C)C)N(C)C(=O)[C@@H](NC(=O)[C@@H](N(C)C(=O)O)C(C)(C)c1ccccc1)C(C)(C)C)C(=O)NS(=O)(=O)c1ccc(C2(N)CC2)cc1. The molecule has 0 aliphatic heterocycles. The van der Waals surface area contributed by atoms with Gasteiger partial charge in [-0.2, -0.15) is 0 Å². The Balaban J connectivity index is 1.87. The van der Waals surface area contributed by atoms with Crippen LogP contribution in [0.3, 0.4) is 0 Å². The first-order valence-electron chi connectivity index (χ1n) is 16.7. The molecule has 5 N–H and O–H groups in total. The molecule has 0 heterocycles. The van der Waals surface area contributed by atoms with Gasteiger partial charge in [-0.25, -0.2) is 17.9 Å². The normalized spacial score (nSPS) is 16.5. The minimum Gasteiger partial charge on any atom is -0.465 e. The van der Waals surface area contributed by atoms with Crippen LogP contribution in [-0.4, -0.2) is 79.4 Å². The van der Waals surface area contributed by atoms with Crippen molar-refractivity contribution in [1.82, 2.24) is 19.8 Å². The van der Waals surface area contributed by atoms with Gasteiger partial charge in [-0.05, 0) is 54.4 Å². The molecule has 0 bridgehead atoms. The average Bonchev–Trinajstić information content (AvgIpc) is 3.79. The number of nitrogens with one attached hydrogen (secondary N) is 2. The van der Waals surface area contributed by atoms with Gasteiger partial charge in [0.2, 0.25) is 11.8 Å². The summed E-state index contributed by atoms with van der Waals surface area (Å²) in [7, 11) is -1.32. The smallest absolute Gasteiger partial charge is 0.407 e. The first kappa shape index (κ1) is 40.2. The van der Waals surface area contributed by atoms with Crippen LogP contribution >= 0.6 is 0 Å². The van der Waals surface area contributed by atoms with Crippen molar-refractivity contribution in [3.8, 4) is 0 Å². The number of nitrogens with zero attached hydrogens (tertiary/aromatic N) is 2. The van der Waals surface area contributed by atoms with Gasteiger partial charge in [0.1, 0.15) is 12.1 Å². The van der Waals surface area contributed by atoms with Crippen LogP contribution in [0.1, 0.15) is 79.4 Å². The van der Waals surface area contributed by atoms with Crippen molar-refractivity contribution in [2.24, 2.45) is 17.1 Å². The van der Waals surface area contributed by atoms with E-state index >= 15 is 0 Å². The number of carboxylic acid groups (broad SMARTS) is 1. The maximum Gasteiger partial charge on any atom is 0.407 e. The van der Waals surface area contributed by atoms with Crippen LogP contribution < -0.4 is 15.8 Å². The molecule has 0 radical (unpaired) electrons. The molecule has 274 valence electrons. The van der Waals surface area contributed by atoms with E-state index in [-0.39, 0.29) is 16.4 Å². The van der Waals surface area contributed by atoms with Crippen molar-refractivity contribution < 1.29 is 32.7 Å². The number of hydrogen-bond acceptors (Lipinski definition) is 7. The molecule has 3 atom stereocenters. The number of nitrogens with two attached hydrogens (primary N) is 1. The average molecular weight is 712 g/mol. The molecule has 2 aromatic rings. The van der Waals surface area contributed by atoms with E-state index in [0.29, 0.717) is 0 Å². The second kappa shape index (κ2) is 14.9. The topological polar surface area (TPSA) is 179 Å². The van der Waals surface area contributed by atoms with Crippen molar-refractivity contribution >= 4 is 33.8 Å². The van der Waals surface area contributed by atoms with Crippen LogP contribution in [0.4, 0.5) is 4.79 Å². The van der Waals surface area contributed by atoms with Crippen LogP contribution in [0.2, 0.25) is 0 Å². The molecule has 1 aliphatic carbocycles. The molecule has 2 aromatic carbocycles. The highest BCUT2D eigenvalue weighted by atomic mass is 32.2. The highest BCUT2D eigenvalue weighted by Gasteiger charge is 2.45. The summed E-state index contributed by atoms with van der Waals surface area (Å²) in [4.78, 5) is 55.9. The lowest BCUT2D eigenvalue weighted by atomic mass is 9.76. The summed E-state index contributed by atoms with van der Waals surface area (Å²) in [6.07, 6.45) is 1.88. The summed E-state index contributed by atoms with van der Waals surface area (Å²) >= 11 is 0. The quantitative estimate of drug-likeness (QED) is 0.222. The largest absolute Gasteiger partial charge is 0.465 e. The van der Waals surface area contributed by atoms with E-state index in [0.717, 1.165) is 28.9 Å². The second-order valence-corrected chi connectivity index (χ2v) is 17.0. The monoisotopic (exact) mass is 711 g/mol. The van der Waals surface area contributed by atoms with Gasteiger partial charge in [0.05, 0.1) is 10.9 Å². The Morgan fingerprint density at radius 2 is 1.46 bits per heavy atom. The van der Waals surface area contributed by atoms with E-state index < -0.39 is 68.3 Å². The maximum atomic E-state index is 14.2. The summed E-state index contributed by atoms with van der Waals surface area (Å²) in [5.41, 5.74) is 5.64. The first-order valence-corrected chi connectivity index (χ1v) is 18.2. The first-order chi connectivity index (χ1) is 22.9. The van der Waals surface area contributed by atoms with Gasteiger partial charge >= 0.3 is 6.09 Å². The van der Waals surface area contributed by atoms with Crippen molar-refractivity contribution in [2.45, 2.75) is 102 Å². The maximum absolute atomic E-state index is 14.2. The molecule has 1 aliphatic rings. The van der Waals surface area contributed by atoms with Crippen molar-refractivity contribution in [3.63, 3.8) is 0 Å². The fourth-order valence-corrected chi connectivity index (χ4v) is 7.10. The fraction of sp³-hybridized carbons (Fsp3) is 0.514. The van der Waals surface area contributed by atoms with Crippen molar-refractivity contribution in [1.29, 1.82) is 0 Å². The highest BCUT2D eigenvalue weighted by Crippen LogP contribution is 2.42. The lowest BCUT2D eigenvalue weighted by Crippen LogP contribution is -2.62.